The summed E-state index contributed by atoms with van der Waals surface area (Å²) in [7, 11) is 1.75. The van der Waals surface area contributed by atoms with Crippen molar-refractivity contribution in [1.29, 1.82) is 0 Å². The average Bonchev–Trinajstić information content (AvgIpc) is 3.25. The molecule has 0 spiro atoms. The first-order chi connectivity index (χ1) is 19.4. The minimum Gasteiger partial charge on any atom is -0.395 e. The molecule has 0 aromatic rings. The lowest BCUT2D eigenvalue weighted by molar-refractivity contribution is -0.134. The van der Waals surface area contributed by atoms with E-state index < -0.39 is 15.9 Å². The number of hydrogen-bond donors (Lipinski definition) is 2. The Balaban J connectivity index is -0.000000498. The maximum Gasteiger partial charge on any atom is 0.235 e. The topological polar surface area (TPSA) is 154 Å². The second-order valence-electron chi connectivity index (χ2n) is 12.8. The Morgan fingerprint density at radius 1 is 0.860 bits per heavy atom. The van der Waals surface area contributed by atoms with Gasteiger partial charge in [0, 0.05) is 71.1 Å². The highest BCUT2D eigenvalue weighted by atomic mass is 32.2. The van der Waals surface area contributed by atoms with Gasteiger partial charge >= 0.3 is 0 Å². The number of amides is 4. The normalized spacial score (nSPS) is 13.8. The van der Waals surface area contributed by atoms with Crippen LogP contribution in [0.15, 0.2) is 0 Å². The first kappa shape index (κ1) is 45.2. The molecule has 1 rings (SSSR count). The quantitative estimate of drug-likeness (QED) is 0.370. The lowest BCUT2D eigenvalue weighted by Gasteiger charge is -2.21. The minimum absolute atomic E-state index is 0.0246. The minimum atomic E-state index is -3.37. The molecule has 0 aromatic carbocycles. The molecule has 0 aromatic heterocycles. The van der Waals surface area contributed by atoms with Crippen LogP contribution >= 0.6 is 0 Å². The highest BCUT2D eigenvalue weighted by Crippen LogP contribution is 2.29. The molecule has 2 N–H and O–H groups in total. The van der Waals surface area contributed by atoms with Crippen LogP contribution < -0.4 is 4.72 Å². The maximum absolute atomic E-state index is 11.6. The van der Waals surface area contributed by atoms with Gasteiger partial charge in [-0.2, -0.15) is 0 Å². The fourth-order valence-corrected chi connectivity index (χ4v) is 4.05. The number of hydrogen-bond acceptors (Lipinski definition) is 8. The van der Waals surface area contributed by atoms with Crippen molar-refractivity contribution < 1.29 is 37.4 Å². The van der Waals surface area contributed by atoms with Gasteiger partial charge in [0.05, 0.1) is 19.5 Å². The van der Waals surface area contributed by atoms with E-state index in [1.54, 1.807) is 40.0 Å². The second kappa shape index (κ2) is 22.3. The van der Waals surface area contributed by atoms with E-state index in [1.807, 2.05) is 51.2 Å². The Kier molecular flexibility index (Phi) is 23.4. The summed E-state index contributed by atoms with van der Waals surface area (Å²) in [6, 6.07) is 0. The SMILES string of the molecule is CC(C)C(=O)N(C)CCO.CC(C)C(=O)N1CCC(C)(C)C1.CC(C)C(=O)NS(C)(=O)=O.COCCN(C)C(=O)C(C)C. The Labute approximate surface area is 261 Å². The smallest absolute Gasteiger partial charge is 0.235 e. The summed E-state index contributed by atoms with van der Waals surface area (Å²) in [6.45, 7) is 22.7. The van der Waals surface area contributed by atoms with E-state index in [9.17, 15) is 27.6 Å². The van der Waals surface area contributed by atoms with E-state index in [-0.39, 0.29) is 42.1 Å². The summed E-state index contributed by atoms with van der Waals surface area (Å²) in [5.41, 5.74) is 0.338. The van der Waals surface area contributed by atoms with Gasteiger partial charge in [-0.25, -0.2) is 8.42 Å². The molecule has 43 heavy (non-hydrogen) atoms. The molecule has 1 heterocycles. The van der Waals surface area contributed by atoms with E-state index >= 15 is 0 Å². The summed E-state index contributed by atoms with van der Waals surface area (Å²) >= 11 is 0. The molecule has 13 heteroatoms. The first-order valence-corrected chi connectivity index (χ1v) is 16.7. The third-order valence-electron chi connectivity index (χ3n) is 6.10. The molecule has 0 unspecified atom stereocenters. The molecule has 256 valence electrons. The average molecular weight is 639 g/mol. The number of nitrogens with one attached hydrogen (secondary N) is 1. The predicted octanol–water partition coefficient (Wildman–Crippen LogP) is 2.46. The van der Waals surface area contributed by atoms with Gasteiger partial charge in [0.15, 0.2) is 0 Å². The fourth-order valence-electron chi connectivity index (χ4n) is 3.45. The van der Waals surface area contributed by atoms with Crippen molar-refractivity contribution in [2.24, 2.45) is 29.1 Å². The summed E-state index contributed by atoms with van der Waals surface area (Å²) in [6.07, 6.45) is 2.10. The number of sulfonamides is 1. The van der Waals surface area contributed by atoms with Crippen molar-refractivity contribution >= 4 is 33.7 Å². The van der Waals surface area contributed by atoms with Gasteiger partial charge in [0.25, 0.3) is 0 Å². The molecule has 1 aliphatic heterocycles. The van der Waals surface area contributed by atoms with E-state index in [0.717, 1.165) is 25.8 Å². The number of ether oxygens (including phenoxy) is 1. The summed E-state index contributed by atoms with van der Waals surface area (Å²) < 4.78 is 27.5. The van der Waals surface area contributed by atoms with Crippen molar-refractivity contribution in [3.63, 3.8) is 0 Å². The first-order valence-electron chi connectivity index (χ1n) is 14.8. The molecular formula is C30H62N4O8S. The van der Waals surface area contributed by atoms with Gasteiger partial charge < -0.3 is 24.5 Å². The summed E-state index contributed by atoms with van der Waals surface area (Å²) in [5, 5.41) is 8.47. The lowest BCUT2D eigenvalue weighted by atomic mass is 9.93. The van der Waals surface area contributed by atoms with Crippen molar-refractivity contribution in [1.82, 2.24) is 19.4 Å². The van der Waals surface area contributed by atoms with E-state index in [2.05, 4.69) is 13.8 Å². The molecule has 0 bridgehead atoms. The van der Waals surface area contributed by atoms with E-state index in [4.69, 9.17) is 9.84 Å². The lowest BCUT2D eigenvalue weighted by Crippen LogP contribution is -2.33. The number of aliphatic hydroxyl groups is 1. The molecule has 1 saturated heterocycles. The highest BCUT2D eigenvalue weighted by Gasteiger charge is 2.32. The van der Waals surface area contributed by atoms with Crippen molar-refractivity contribution in [3.05, 3.63) is 0 Å². The second-order valence-corrected chi connectivity index (χ2v) is 14.5. The molecule has 12 nitrogen and oxygen atoms in total. The van der Waals surface area contributed by atoms with Crippen LogP contribution in [-0.4, -0.2) is 119 Å². The largest absolute Gasteiger partial charge is 0.395 e. The van der Waals surface area contributed by atoms with Gasteiger partial charge in [-0.15, -0.1) is 0 Å². The number of nitrogens with zero attached hydrogens (tertiary/aromatic N) is 3. The van der Waals surface area contributed by atoms with Crippen molar-refractivity contribution in [3.8, 4) is 0 Å². The van der Waals surface area contributed by atoms with Crippen molar-refractivity contribution in [2.75, 3.05) is 66.9 Å². The van der Waals surface area contributed by atoms with Gasteiger partial charge in [0.1, 0.15) is 0 Å². The van der Waals surface area contributed by atoms with E-state index in [1.165, 1.54) is 4.90 Å². The zero-order chi connectivity index (χ0) is 34.7. The number of methoxy groups -OCH3 is 1. The van der Waals surface area contributed by atoms with Crippen LogP contribution in [0.5, 0.6) is 0 Å². The standard InChI is InChI=1S/C10H19NO.C8H17NO2.C7H15NO2.C5H11NO3S/c1-8(2)9(12)11-6-5-10(3,4)7-11;1-7(2)8(10)9(3)5-6-11-4;1-6(2)7(10)8(3)4-5-9;1-4(2)5(7)6-10(3,8)9/h8H,5-7H2,1-4H3;7H,5-6H2,1-4H3;6,9H,4-5H2,1-3H3;4H,1-3H3,(H,6,7). The number of carbonyl (C=O) groups excluding carboxylic acids is 4. The number of rotatable bonds is 10. The van der Waals surface area contributed by atoms with Gasteiger partial charge in [-0.05, 0) is 11.8 Å². The molecule has 1 aliphatic rings. The monoisotopic (exact) mass is 638 g/mol. The number of carbonyl (C=O) groups is 4. The molecule has 4 amide bonds. The fraction of sp³-hybridized carbons (Fsp3) is 0.867. The highest BCUT2D eigenvalue weighted by molar-refractivity contribution is 7.89. The zero-order valence-corrected chi connectivity index (χ0v) is 30.1. The Bertz CT molecular complexity index is 934. The molecule has 0 radical (unpaired) electrons. The molecule has 1 fully saturated rings. The predicted molar refractivity (Wildman–Crippen MR) is 172 cm³/mol. The molecule has 0 atom stereocenters. The van der Waals surface area contributed by atoms with Crippen LogP contribution in [0.3, 0.4) is 0 Å². The third kappa shape index (κ3) is 23.8. The van der Waals surface area contributed by atoms with Gasteiger partial charge in [0.2, 0.25) is 33.7 Å². The number of likely N-dealkylation sites (N-methyl/N-ethyl adjacent to an activating group) is 2. The Hall–Kier alpha value is -2.25. The summed E-state index contributed by atoms with van der Waals surface area (Å²) in [4.78, 5) is 49.7. The Morgan fingerprint density at radius 2 is 1.30 bits per heavy atom. The van der Waals surface area contributed by atoms with Crippen LogP contribution in [0.4, 0.5) is 0 Å². The van der Waals surface area contributed by atoms with Crippen LogP contribution in [0.25, 0.3) is 0 Å². The number of likely N-dealkylation sites (tertiary alicyclic amines) is 1. The van der Waals surface area contributed by atoms with Crippen LogP contribution in [0.2, 0.25) is 0 Å². The Morgan fingerprint density at radius 3 is 1.56 bits per heavy atom. The van der Waals surface area contributed by atoms with Crippen LogP contribution in [0.1, 0.15) is 75.7 Å². The molecule has 0 saturated carbocycles. The zero-order valence-electron chi connectivity index (χ0n) is 29.3. The van der Waals surface area contributed by atoms with Crippen LogP contribution in [0, 0.1) is 29.1 Å². The van der Waals surface area contributed by atoms with Crippen LogP contribution in [-0.2, 0) is 33.9 Å². The van der Waals surface area contributed by atoms with Gasteiger partial charge in [-0.1, -0.05) is 69.2 Å². The third-order valence-corrected chi connectivity index (χ3v) is 6.67. The maximum atomic E-state index is 11.6. The van der Waals surface area contributed by atoms with E-state index in [0.29, 0.717) is 31.0 Å². The molecular weight excluding hydrogens is 576 g/mol. The van der Waals surface area contributed by atoms with Crippen molar-refractivity contribution in [2.45, 2.75) is 75.7 Å². The molecule has 0 aliphatic carbocycles. The van der Waals surface area contributed by atoms with Gasteiger partial charge in [-0.3, -0.25) is 23.9 Å². The summed E-state index contributed by atoms with van der Waals surface area (Å²) in [5.74, 6) is 0.0428. The number of aliphatic hydroxyl groups excluding tert-OH is 1.